The van der Waals surface area contributed by atoms with Crippen LogP contribution in [-0.2, 0) is 17.6 Å². The number of amides is 1. The second-order valence-corrected chi connectivity index (χ2v) is 11.0. The zero-order chi connectivity index (χ0) is 21.7. The first-order chi connectivity index (χ1) is 15.7. The fourth-order valence-corrected chi connectivity index (χ4v) is 7.41. The Morgan fingerprint density at radius 1 is 1.19 bits per heavy atom. The van der Waals surface area contributed by atoms with Crippen LogP contribution in [0.5, 0.6) is 11.5 Å². The molecule has 0 bridgehead atoms. The van der Waals surface area contributed by atoms with Crippen LogP contribution in [0.4, 0.5) is 0 Å². The summed E-state index contributed by atoms with van der Waals surface area (Å²) in [5.74, 6) is 3.40. The Labute approximate surface area is 194 Å². The molecule has 168 valence electrons. The predicted octanol–water partition coefficient (Wildman–Crippen LogP) is 3.20. The van der Waals surface area contributed by atoms with Crippen LogP contribution in [0.3, 0.4) is 0 Å². The molecule has 1 aromatic carbocycles. The maximum atomic E-state index is 13.2. The van der Waals surface area contributed by atoms with Crippen molar-refractivity contribution in [2.24, 2.45) is 0 Å². The van der Waals surface area contributed by atoms with E-state index >= 15 is 0 Å². The summed E-state index contributed by atoms with van der Waals surface area (Å²) in [6.07, 6.45) is 4.00. The molecule has 4 aliphatic rings. The fraction of sp³-hybridized carbons (Fsp3) is 0.522. The normalized spacial score (nSPS) is 23.7. The zero-order valence-electron chi connectivity index (χ0n) is 17.7. The standard InChI is InChI=1S/C23H25N3O4S2/c27-21(11-15-12-32-23-24-17-3-1-2-16(17)22(28)26(15)23)25-7-6-20(31-9-8-25)14-4-5-18-19(10-14)30-13-29-18/h4-5,10,15,20H,1-3,6-9,11-13H2. The first-order valence-corrected chi connectivity index (χ1v) is 13.3. The van der Waals surface area contributed by atoms with Gasteiger partial charge in [0.2, 0.25) is 12.7 Å². The molecule has 6 rings (SSSR count). The Balaban J connectivity index is 1.13. The van der Waals surface area contributed by atoms with Gasteiger partial charge in [-0.2, -0.15) is 11.8 Å². The largest absolute Gasteiger partial charge is 0.454 e. The molecule has 0 spiro atoms. The molecular formula is C23H25N3O4S2. The highest BCUT2D eigenvalue weighted by Crippen LogP contribution is 2.40. The van der Waals surface area contributed by atoms with Crippen molar-refractivity contribution in [2.75, 3.05) is 31.4 Å². The van der Waals surface area contributed by atoms with Gasteiger partial charge in [0.15, 0.2) is 16.7 Å². The van der Waals surface area contributed by atoms with Crippen molar-refractivity contribution in [1.29, 1.82) is 0 Å². The van der Waals surface area contributed by atoms with Crippen LogP contribution in [-0.4, -0.2) is 51.7 Å². The minimum Gasteiger partial charge on any atom is -0.454 e. The topological polar surface area (TPSA) is 73.7 Å². The smallest absolute Gasteiger partial charge is 0.257 e. The number of carbonyl (C=O) groups is 1. The molecular weight excluding hydrogens is 446 g/mol. The molecule has 9 heteroatoms. The van der Waals surface area contributed by atoms with Gasteiger partial charge in [-0.3, -0.25) is 14.2 Å². The number of ether oxygens (including phenoxy) is 2. The zero-order valence-corrected chi connectivity index (χ0v) is 19.4. The van der Waals surface area contributed by atoms with Crippen LogP contribution in [0.2, 0.25) is 0 Å². The van der Waals surface area contributed by atoms with Gasteiger partial charge in [-0.05, 0) is 43.4 Å². The Hall–Kier alpha value is -2.13. The molecule has 1 aliphatic carbocycles. The van der Waals surface area contributed by atoms with Gasteiger partial charge in [-0.25, -0.2) is 4.98 Å². The van der Waals surface area contributed by atoms with E-state index in [1.54, 1.807) is 16.3 Å². The van der Waals surface area contributed by atoms with Gasteiger partial charge >= 0.3 is 0 Å². The number of nitrogens with zero attached hydrogens (tertiary/aromatic N) is 3. The summed E-state index contributed by atoms with van der Waals surface area (Å²) < 4.78 is 12.8. The number of hydrogen-bond acceptors (Lipinski definition) is 7. The highest BCUT2D eigenvalue weighted by atomic mass is 32.2. The third-order valence-electron chi connectivity index (χ3n) is 6.75. The van der Waals surface area contributed by atoms with Crippen molar-refractivity contribution in [1.82, 2.24) is 14.5 Å². The highest BCUT2D eigenvalue weighted by Gasteiger charge is 2.33. The summed E-state index contributed by atoms with van der Waals surface area (Å²) in [6, 6.07) is 6.06. The summed E-state index contributed by atoms with van der Waals surface area (Å²) in [5, 5.41) is 1.13. The average molecular weight is 472 g/mol. The molecule has 0 saturated carbocycles. The average Bonchev–Trinajstić information content (AvgIpc) is 3.50. The number of thioether (sulfide) groups is 2. The first-order valence-electron chi connectivity index (χ1n) is 11.2. The molecule has 1 fully saturated rings. The second kappa shape index (κ2) is 8.33. The van der Waals surface area contributed by atoms with Crippen molar-refractivity contribution < 1.29 is 14.3 Å². The molecule has 7 nitrogen and oxygen atoms in total. The van der Waals surface area contributed by atoms with Crippen LogP contribution in [0.15, 0.2) is 28.2 Å². The van der Waals surface area contributed by atoms with Crippen molar-refractivity contribution in [2.45, 2.75) is 48.6 Å². The van der Waals surface area contributed by atoms with E-state index in [1.165, 1.54) is 5.56 Å². The molecule has 2 aromatic rings. The van der Waals surface area contributed by atoms with Crippen molar-refractivity contribution in [3.8, 4) is 11.5 Å². The molecule has 2 unspecified atom stereocenters. The lowest BCUT2D eigenvalue weighted by atomic mass is 10.1. The molecule has 3 aliphatic heterocycles. The summed E-state index contributed by atoms with van der Waals surface area (Å²) in [6.45, 7) is 1.76. The summed E-state index contributed by atoms with van der Waals surface area (Å²) in [7, 11) is 0. The monoisotopic (exact) mass is 471 g/mol. The predicted molar refractivity (Wildman–Crippen MR) is 124 cm³/mol. The lowest BCUT2D eigenvalue weighted by molar-refractivity contribution is -0.131. The lowest BCUT2D eigenvalue weighted by Gasteiger charge is -2.23. The Morgan fingerprint density at radius 2 is 2.09 bits per heavy atom. The highest BCUT2D eigenvalue weighted by molar-refractivity contribution is 7.99. The molecule has 32 heavy (non-hydrogen) atoms. The lowest BCUT2D eigenvalue weighted by Crippen LogP contribution is -2.36. The summed E-state index contributed by atoms with van der Waals surface area (Å²) >= 11 is 3.50. The van der Waals surface area contributed by atoms with Crippen molar-refractivity contribution in [3.05, 3.63) is 45.4 Å². The number of benzene rings is 1. The molecule has 2 atom stereocenters. The van der Waals surface area contributed by atoms with Crippen LogP contribution in [0.1, 0.15) is 47.4 Å². The van der Waals surface area contributed by atoms with E-state index in [0.717, 1.165) is 78.2 Å². The Bertz CT molecular complexity index is 1130. The minimum absolute atomic E-state index is 0.0830. The maximum Gasteiger partial charge on any atom is 0.257 e. The Kier molecular flexibility index (Phi) is 5.33. The van der Waals surface area contributed by atoms with E-state index in [0.29, 0.717) is 11.7 Å². The quantitative estimate of drug-likeness (QED) is 0.637. The molecule has 1 amide bonds. The molecule has 0 radical (unpaired) electrons. The maximum absolute atomic E-state index is 13.2. The van der Waals surface area contributed by atoms with Crippen LogP contribution < -0.4 is 15.0 Å². The van der Waals surface area contributed by atoms with Gasteiger partial charge in [0.1, 0.15) is 0 Å². The van der Waals surface area contributed by atoms with Gasteiger partial charge in [0.05, 0.1) is 11.7 Å². The number of aromatic nitrogens is 2. The van der Waals surface area contributed by atoms with E-state index in [2.05, 4.69) is 12.1 Å². The van der Waals surface area contributed by atoms with Gasteiger partial charge in [-0.1, -0.05) is 17.8 Å². The number of aryl methyl sites for hydroxylation is 1. The second-order valence-electron chi connectivity index (χ2n) is 8.66. The molecule has 4 heterocycles. The Morgan fingerprint density at radius 3 is 3.03 bits per heavy atom. The molecule has 1 aromatic heterocycles. The van der Waals surface area contributed by atoms with E-state index < -0.39 is 0 Å². The van der Waals surface area contributed by atoms with Crippen LogP contribution in [0, 0.1) is 0 Å². The van der Waals surface area contributed by atoms with Crippen LogP contribution >= 0.6 is 23.5 Å². The SMILES string of the molecule is O=C(CC1CSc2nc3c(c(=O)n21)CCC3)N1CCSC(c2ccc3c(c2)OCO3)CC1. The van der Waals surface area contributed by atoms with Crippen LogP contribution in [0.25, 0.3) is 0 Å². The van der Waals surface area contributed by atoms with Crippen molar-refractivity contribution in [3.63, 3.8) is 0 Å². The van der Waals surface area contributed by atoms with Gasteiger partial charge in [0, 0.05) is 41.8 Å². The molecule has 0 N–H and O–H groups in total. The number of rotatable bonds is 3. The van der Waals surface area contributed by atoms with Gasteiger partial charge < -0.3 is 14.4 Å². The third-order valence-corrected chi connectivity index (χ3v) is 9.17. The number of carbonyl (C=O) groups excluding carboxylic acids is 1. The minimum atomic E-state index is -0.0889. The van der Waals surface area contributed by atoms with Gasteiger partial charge in [-0.15, -0.1) is 0 Å². The fourth-order valence-electron chi connectivity index (χ4n) is 5.03. The van der Waals surface area contributed by atoms with Gasteiger partial charge in [0.25, 0.3) is 5.56 Å². The summed E-state index contributed by atoms with van der Waals surface area (Å²) in [4.78, 5) is 32.9. The first kappa shape index (κ1) is 20.5. The molecule has 1 saturated heterocycles. The van der Waals surface area contributed by atoms with E-state index in [9.17, 15) is 9.59 Å². The van der Waals surface area contributed by atoms with E-state index in [4.69, 9.17) is 14.5 Å². The number of fused-ring (bicyclic) bond motifs is 3. The van der Waals surface area contributed by atoms with Crippen molar-refractivity contribution >= 4 is 29.4 Å². The van der Waals surface area contributed by atoms with E-state index in [1.807, 2.05) is 22.7 Å². The summed E-state index contributed by atoms with van der Waals surface area (Å²) in [5.41, 5.74) is 3.15. The number of hydrogen-bond donors (Lipinski definition) is 0. The van der Waals surface area contributed by atoms with E-state index in [-0.39, 0.29) is 24.3 Å². The third kappa shape index (κ3) is 3.59.